The molecule has 0 fully saturated rings. The number of rotatable bonds is 1. The number of anilines is 2. The molecular weight excluding hydrogens is 583 g/mol. The smallest absolute Gasteiger partial charge is 0.135 e. The predicted molar refractivity (Wildman–Crippen MR) is 195 cm³/mol. The Balaban J connectivity index is 1.01. The van der Waals surface area contributed by atoms with Crippen molar-refractivity contribution in [3.05, 3.63) is 179 Å². The van der Waals surface area contributed by atoms with Gasteiger partial charge in [-0.1, -0.05) is 109 Å². The van der Waals surface area contributed by atoms with Crippen molar-refractivity contribution in [3.8, 4) is 33.4 Å². The minimum atomic E-state index is -0.319. The first-order valence-corrected chi connectivity index (χ1v) is 17.1. The van der Waals surface area contributed by atoms with Crippen LogP contribution in [0.4, 0.5) is 11.4 Å². The van der Waals surface area contributed by atoms with E-state index in [4.69, 9.17) is 4.42 Å². The highest BCUT2D eigenvalue weighted by molar-refractivity contribution is 6.07. The molecule has 0 radical (unpaired) electrons. The summed E-state index contributed by atoms with van der Waals surface area (Å²) in [5, 5.41) is 2.40. The van der Waals surface area contributed by atoms with E-state index < -0.39 is 0 Å². The molecule has 3 heterocycles. The number of benzene rings is 7. The van der Waals surface area contributed by atoms with E-state index in [1.54, 1.807) is 0 Å². The number of para-hydroxylation sites is 1. The summed E-state index contributed by atoms with van der Waals surface area (Å²) in [5.74, 6) is 0. The van der Waals surface area contributed by atoms with E-state index in [1.165, 1.54) is 88.9 Å². The maximum Gasteiger partial charge on any atom is 0.135 e. The fraction of sp³-hybridized carbons (Fsp3) is 0.0870. The van der Waals surface area contributed by atoms with Crippen LogP contribution in [0.1, 0.15) is 33.4 Å². The molecule has 2 aliphatic heterocycles. The van der Waals surface area contributed by atoms with Gasteiger partial charge in [-0.3, -0.25) is 0 Å². The Kier molecular flexibility index (Phi) is 4.59. The molecule has 0 saturated heterocycles. The second-order valence-corrected chi connectivity index (χ2v) is 14.0. The zero-order chi connectivity index (χ0) is 31.1. The first-order chi connectivity index (χ1) is 23.8. The van der Waals surface area contributed by atoms with Crippen LogP contribution in [-0.4, -0.2) is 6.04 Å². The molecule has 7 aromatic carbocycles. The van der Waals surface area contributed by atoms with Crippen molar-refractivity contribution in [1.29, 1.82) is 0 Å². The molecule has 48 heavy (non-hydrogen) atoms. The van der Waals surface area contributed by atoms with Gasteiger partial charge in [0, 0.05) is 28.2 Å². The molecule has 1 spiro atoms. The van der Waals surface area contributed by atoms with Gasteiger partial charge in [0.15, 0.2) is 0 Å². The number of hydrogen-bond donors (Lipinski definition) is 0. The Morgan fingerprint density at radius 2 is 1.04 bits per heavy atom. The van der Waals surface area contributed by atoms with Crippen LogP contribution in [0.3, 0.4) is 0 Å². The molecule has 2 nitrogen and oxygen atoms in total. The molecule has 0 N–H and O–H groups in total. The normalized spacial score (nSPS) is 16.9. The SMILES string of the molecule is c1ccc2c(c1)-c1ccccc1C21c2ccccc2-c2ccc(-c3ccc4c(c3)CC3Cc5cc6oc7ccccc7c6cc5N43)cc21. The Morgan fingerprint density at radius 3 is 1.77 bits per heavy atom. The summed E-state index contributed by atoms with van der Waals surface area (Å²) in [6, 6.07) is 55.1. The molecule has 12 rings (SSSR count). The summed E-state index contributed by atoms with van der Waals surface area (Å²) < 4.78 is 6.24. The fourth-order valence-electron chi connectivity index (χ4n) is 9.91. The lowest BCUT2D eigenvalue weighted by molar-refractivity contribution is 0.668. The maximum atomic E-state index is 6.24. The molecule has 1 aromatic heterocycles. The Labute approximate surface area is 278 Å². The lowest BCUT2D eigenvalue weighted by Gasteiger charge is -2.30. The van der Waals surface area contributed by atoms with Gasteiger partial charge in [0.2, 0.25) is 0 Å². The zero-order valence-corrected chi connectivity index (χ0v) is 26.2. The number of hydrogen-bond acceptors (Lipinski definition) is 2. The standard InChI is InChI=1S/C46H29NO/c1-5-13-38-32(9-1)33-10-2-6-14-39(33)46(38)40-15-7-3-11-34(40)35-19-17-28(24-41(35)46)27-18-20-42-29(21-27)22-31-23-30-25-45-37(26-43(30)47(31)42)36-12-4-8-16-44(36)48-45/h1-21,24-26,31H,22-23H2. The third kappa shape index (κ3) is 2.96. The van der Waals surface area contributed by atoms with Gasteiger partial charge in [0.1, 0.15) is 11.2 Å². The summed E-state index contributed by atoms with van der Waals surface area (Å²) in [7, 11) is 0. The van der Waals surface area contributed by atoms with E-state index in [0.717, 1.165) is 24.0 Å². The van der Waals surface area contributed by atoms with E-state index in [1.807, 2.05) is 6.07 Å². The predicted octanol–water partition coefficient (Wildman–Crippen LogP) is 11.2. The van der Waals surface area contributed by atoms with E-state index in [0.29, 0.717) is 6.04 Å². The summed E-state index contributed by atoms with van der Waals surface area (Å²) in [4.78, 5) is 2.59. The van der Waals surface area contributed by atoms with Gasteiger partial charge in [-0.25, -0.2) is 0 Å². The number of fused-ring (bicyclic) bond motifs is 18. The largest absolute Gasteiger partial charge is 0.456 e. The summed E-state index contributed by atoms with van der Waals surface area (Å²) in [5.41, 5.74) is 20.7. The summed E-state index contributed by atoms with van der Waals surface area (Å²) >= 11 is 0. The molecule has 2 heteroatoms. The topological polar surface area (TPSA) is 16.4 Å². The van der Waals surface area contributed by atoms with E-state index in [-0.39, 0.29) is 5.41 Å². The van der Waals surface area contributed by atoms with Gasteiger partial charge in [-0.2, -0.15) is 0 Å². The van der Waals surface area contributed by atoms with Crippen LogP contribution in [0, 0.1) is 0 Å². The number of nitrogens with zero attached hydrogens (tertiary/aromatic N) is 1. The van der Waals surface area contributed by atoms with E-state index in [9.17, 15) is 0 Å². The van der Waals surface area contributed by atoms with Crippen molar-refractivity contribution in [2.45, 2.75) is 24.3 Å². The van der Waals surface area contributed by atoms with Crippen molar-refractivity contribution < 1.29 is 4.42 Å². The highest BCUT2D eigenvalue weighted by Crippen LogP contribution is 2.63. The van der Waals surface area contributed by atoms with E-state index in [2.05, 4.69) is 144 Å². The van der Waals surface area contributed by atoms with Crippen molar-refractivity contribution in [2.24, 2.45) is 0 Å². The number of furan rings is 1. The molecular formula is C46H29NO. The second-order valence-electron chi connectivity index (χ2n) is 14.0. The monoisotopic (exact) mass is 611 g/mol. The first kappa shape index (κ1) is 25.3. The van der Waals surface area contributed by atoms with Crippen LogP contribution in [-0.2, 0) is 18.3 Å². The lowest BCUT2D eigenvalue weighted by Crippen LogP contribution is -2.25. The molecule has 0 saturated carbocycles. The van der Waals surface area contributed by atoms with Crippen molar-refractivity contribution in [1.82, 2.24) is 0 Å². The molecule has 0 amide bonds. The average molecular weight is 612 g/mol. The Hall–Kier alpha value is -5.86. The molecule has 2 aliphatic carbocycles. The van der Waals surface area contributed by atoms with Crippen LogP contribution < -0.4 is 4.90 Å². The van der Waals surface area contributed by atoms with Crippen LogP contribution in [0.15, 0.2) is 150 Å². The van der Waals surface area contributed by atoms with Crippen molar-refractivity contribution in [2.75, 3.05) is 4.90 Å². The van der Waals surface area contributed by atoms with Gasteiger partial charge in [0.25, 0.3) is 0 Å². The van der Waals surface area contributed by atoms with E-state index >= 15 is 0 Å². The highest BCUT2D eigenvalue weighted by Gasteiger charge is 2.51. The second kappa shape index (κ2) is 8.73. The first-order valence-electron chi connectivity index (χ1n) is 17.1. The van der Waals surface area contributed by atoms with Crippen LogP contribution in [0.5, 0.6) is 0 Å². The summed E-state index contributed by atoms with van der Waals surface area (Å²) in [6.07, 6.45) is 2.10. The van der Waals surface area contributed by atoms with Gasteiger partial charge < -0.3 is 9.32 Å². The van der Waals surface area contributed by atoms with Gasteiger partial charge in [0.05, 0.1) is 5.41 Å². The Morgan fingerprint density at radius 1 is 0.458 bits per heavy atom. The molecule has 4 aliphatic rings. The van der Waals surface area contributed by atoms with Crippen LogP contribution in [0.2, 0.25) is 0 Å². The molecule has 1 atom stereocenters. The maximum absolute atomic E-state index is 6.24. The highest BCUT2D eigenvalue weighted by atomic mass is 16.3. The van der Waals surface area contributed by atoms with Crippen molar-refractivity contribution in [3.63, 3.8) is 0 Å². The molecule has 1 unspecified atom stereocenters. The molecule has 224 valence electrons. The minimum absolute atomic E-state index is 0.319. The van der Waals surface area contributed by atoms with Gasteiger partial charge >= 0.3 is 0 Å². The third-order valence-corrected chi connectivity index (χ3v) is 11.8. The quantitative estimate of drug-likeness (QED) is 0.184. The van der Waals surface area contributed by atoms with Gasteiger partial charge in [-0.15, -0.1) is 0 Å². The third-order valence-electron chi connectivity index (χ3n) is 11.8. The van der Waals surface area contributed by atoms with Crippen LogP contribution >= 0.6 is 0 Å². The van der Waals surface area contributed by atoms with Crippen LogP contribution in [0.25, 0.3) is 55.3 Å². The lowest BCUT2D eigenvalue weighted by atomic mass is 9.70. The van der Waals surface area contributed by atoms with Crippen molar-refractivity contribution >= 4 is 33.3 Å². The fourth-order valence-corrected chi connectivity index (χ4v) is 9.91. The molecule has 0 bridgehead atoms. The average Bonchev–Trinajstić information content (AvgIpc) is 3.91. The Bertz CT molecular complexity index is 2650. The van der Waals surface area contributed by atoms with Gasteiger partial charge in [-0.05, 0) is 116 Å². The zero-order valence-electron chi connectivity index (χ0n) is 26.2. The minimum Gasteiger partial charge on any atom is -0.456 e. The molecule has 8 aromatic rings. The summed E-state index contributed by atoms with van der Waals surface area (Å²) in [6.45, 7) is 0.